The van der Waals surface area contributed by atoms with Gasteiger partial charge < -0.3 is 38.5 Å². The molecule has 268 valence electrons. The summed E-state index contributed by atoms with van der Waals surface area (Å²) >= 11 is 0. The first-order valence-electron chi connectivity index (χ1n) is 18.0. The molecule has 0 radical (unpaired) electrons. The second-order valence-electron chi connectivity index (χ2n) is 13.4. The number of unbranched alkanes of at least 4 members (excludes halogenated alkanes) is 18. The zero-order valence-electron chi connectivity index (χ0n) is 29.3. The topological polar surface area (TPSA) is 136 Å². The molecule has 0 aliphatic heterocycles. The van der Waals surface area contributed by atoms with Crippen molar-refractivity contribution in [3.63, 3.8) is 0 Å². The third-order valence-electron chi connectivity index (χ3n) is 8.71. The minimum atomic E-state index is -4.36. The SMILES string of the molecule is CCCCCCCCC/C=C\CCCCCCCCCCCCCC(=O)OC[C@@H](O)COP(=O)([O-])C(C)[N+](C)(C)CCC(O)O. The van der Waals surface area contributed by atoms with Gasteiger partial charge in [0.25, 0.3) is 0 Å². The Hall–Kier alpha value is -0.800. The maximum Gasteiger partial charge on any atom is 0.305 e. The van der Waals surface area contributed by atoms with Gasteiger partial charge in [0, 0.05) is 12.8 Å². The number of hydrogen-bond acceptors (Lipinski definition) is 8. The Bertz CT molecular complexity index is 777. The molecule has 0 amide bonds. The van der Waals surface area contributed by atoms with Crippen LogP contribution in [0.5, 0.6) is 0 Å². The maximum atomic E-state index is 12.5. The summed E-state index contributed by atoms with van der Waals surface area (Å²) < 4.78 is 22.6. The van der Waals surface area contributed by atoms with Crippen LogP contribution in [0.25, 0.3) is 0 Å². The van der Waals surface area contributed by atoms with E-state index in [1.807, 2.05) is 0 Å². The summed E-state index contributed by atoms with van der Waals surface area (Å²) in [5.41, 5.74) is 0. The average molecular weight is 664 g/mol. The molecule has 0 saturated carbocycles. The summed E-state index contributed by atoms with van der Waals surface area (Å²) in [5.74, 6) is -1.37. The quantitative estimate of drug-likeness (QED) is 0.0170. The lowest BCUT2D eigenvalue weighted by molar-refractivity contribution is -0.902. The number of carbonyl (C=O) groups excluding carboxylic acids is 1. The van der Waals surface area contributed by atoms with Crippen molar-refractivity contribution in [3.8, 4) is 0 Å². The molecule has 3 atom stereocenters. The highest BCUT2D eigenvalue weighted by Crippen LogP contribution is 2.46. The zero-order valence-corrected chi connectivity index (χ0v) is 30.2. The number of nitrogens with zero attached hydrogens (tertiary/aromatic N) is 1. The van der Waals surface area contributed by atoms with Crippen molar-refractivity contribution in [1.82, 2.24) is 0 Å². The average Bonchev–Trinajstić information content (AvgIpc) is 3.00. The van der Waals surface area contributed by atoms with Gasteiger partial charge in [-0.25, -0.2) is 0 Å². The standard InChI is InChI=1S/C35H70NO8P/c1-5-6-7-8-9-10-11-12-13-14-15-16-17-18-19-20-21-22-23-24-25-26-27-35(40)43-30-33(37)31-44-45(41,42)32(2)36(3,4)29-28-34(38)39/h13-14,32-34,37-39H,5-12,15-31H2,1-4H3/b14-13-/t32?,33-/m1/s1. The van der Waals surface area contributed by atoms with E-state index in [0.717, 1.165) is 19.3 Å². The van der Waals surface area contributed by atoms with Crippen LogP contribution >= 0.6 is 7.60 Å². The van der Waals surface area contributed by atoms with Crippen LogP contribution < -0.4 is 4.89 Å². The number of rotatable bonds is 32. The van der Waals surface area contributed by atoms with Crippen molar-refractivity contribution in [2.24, 2.45) is 0 Å². The van der Waals surface area contributed by atoms with Crippen LogP contribution in [0.15, 0.2) is 12.2 Å². The summed E-state index contributed by atoms with van der Waals surface area (Å²) in [5, 5.41) is 28.2. The van der Waals surface area contributed by atoms with Crippen molar-refractivity contribution < 1.29 is 43.3 Å². The van der Waals surface area contributed by atoms with Gasteiger partial charge >= 0.3 is 5.97 Å². The molecule has 0 fully saturated rings. The van der Waals surface area contributed by atoms with Crippen molar-refractivity contribution in [1.29, 1.82) is 0 Å². The molecule has 0 aromatic rings. The second-order valence-corrected chi connectivity index (χ2v) is 15.5. The molecule has 10 heteroatoms. The van der Waals surface area contributed by atoms with Gasteiger partial charge in [-0.05, 0) is 39.0 Å². The van der Waals surface area contributed by atoms with Crippen LogP contribution in [0, 0.1) is 0 Å². The van der Waals surface area contributed by atoms with Gasteiger partial charge in [0.1, 0.15) is 18.5 Å². The number of ether oxygens (including phenoxy) is 1. The van der Waals surface area contributed by atoms with Gasteiger partial charge in [0.05, 0.1) is 27.2 Å². The van der Waals surface area contributed by atoms with Gasteiger partial charge in [-0.3, -0.25) is 4.79 Å². The lowest BCUT2D eigenvalue weighted by atomic mass is 10.0. The number of aliphatic hydroxyl groups excluding tert-OH is 2. The van der Waals surface area contributed by atoms with Crippen molar-refractivity contribution in [2.75, 3.05) is 33.9 Å². The Labute approximate surface area is 275 Å². The van der Waals surface area contributed by atoms with E-state index >= 15 is 0 Å². The second kappa shape index (κ2) is 28.2. The Balaban J connectivity index is 3.64. The third kappa shape index (κ3) is 26.9. The van der Waals surface area contributed by atoms with Gasteiger partial charge in [-0.2, -0.15) is 0 Å². The van der Waals surface area contributed by atoms with Gasteiger partial charge in [0.15, 0.2) is 13.9 Å². The van der Waals surface area contributed by atoms with E-state index in [9.17, 15) is 19.4 Å². The van der Waals surface area contributed by atoms with E-state index in [1.54, 1.807) is 14.1 Å². The fourth-order valence-corrected chi connectivity index (χ4v) is 6.68. The first kappa shape index (κ1) is 44.2. The van der Waals surface area contributed by atoms with Gasteiger partial charge in [-0.1, -0.05) is 115 Å². The number of allylic oxidation sites excluding steroid dienone is 2. The van der Waals surface area contributed by atoms with Crippen molar-refractivity contribution in [3.05, 3.63) is 12.2 Å². The predicted molar refractivity (Wildman–Crippen MR) is 182 cm³/mol. The summed E-state index contributed by atoms with van der Waals surface area (Å²) in [6.07, 6.45) is 27.5. The van der Waals surface area contributed by atoms with Crippen LogP contribution in [0.1, 0.15) is 155 Å². The van der Waals surface area contributed by atoms with Crippen molar-refractivity contribution in [2.45, 2.75) is 173 Å². The van der Waals surface area contributed by atoms with Crippen LogP contribution in [0.3, 0.4) is 0 Å². The Morgan fingerprint density at radius 3 is 1.67 bits per heavy atom. The highest BCUT2D eigenvalue weighted by Gasteiger charge is 2.34. The molecule has 9 nitrogen and oxygen atoms in total. The van der Waals surface area contributed by atoms with Gasteiger partial charge in [-0.15, -0.1) is 0 Å². The minimum absolute atomic E-state index is 0.0218. The van der Waals surface area contributed by atoms with Crippen molar-refractivity contribution >= 4 is 13.6 Å². The monoisotopic (exact) mass is 663 g/mol. The van der Waals surface area contributed by atoms with E-state index in [1.165, 1.54) is 116 Å². The summed E-state index contributed by atoms with van der Waals surface area (Å²) in [7, 11) is -1.06. The lowest BCUT2D eigenvalue weighted by Gasteiger charge is -2.42. The van der Waals surface area contributed by atoms with Crippen LogP contribution in [-0.2, 0) is 18.6 Å². The highest BCUT2D eigenvalue weighted by atomic mass is 31.2. The molecule has 2 unspecified atom stereocenters. The molecule has 0 aliphatic carbocycles. The molecule has 45 heavy (non-hydrogen) atoms. The molecule has 0 saturated heterocycles. The number of hydrogen-bond donors (Lipinski definition) is 3. The molecule has 0 bridgehead atoms. The van der Waals surface area contributed by atoms with E-state index < -0.39 is 38.3 Å². The minimum Gasteiger partial charge on any atom is -0.774 e. The van der Waals surface area contributed by atoms with Crippen LogP contribution in [0.2, 0.25) is 0 Å². The van der Waals surface area contributed by atoms with E-state index in [0.29, 0.717) is 0 Å². The van der Waals surface area contributed by atoms with E-state index in [4.69, 9.17) is 19.5 Å². The first-order valence-corrected chi connectivity index (χ1v) is 19.7. The number of carbonyl (C=O) groups is 1. The molecule has 0 aliphatic rings. The third-order valence-corrected chi connectivity index (χ3v) is 10.8. The highest BCUT2D eigenvalue weighted by molar-refractivity contribution is 7.51. The molecule has 0 rings (SSSR count). The Morgan fingerprint density at radius 1 is 0.756 bits per heavy atom. The Kier molecular flexibility index (Phi) is 27.7. The summed E-state index contributed by atoms with van der Waals surface area (Å²) in [6, 6.07) is 0. The van der Waals surface area contributed by atoms with Crippen LogP contribution in [-0.4, -0.2) is 77.8 Å². The van der Waals surface area contributed by atoms with Crippen LogP contribution in [0.4, 0.5) is 0 Å². The molecule has 3 N–H and O–H groups in total. The molecular formula is C35H70NO8P. The smallest absolute Gasteiger partial charge is 0.305 e. The molecule has 0 aromatic heterocycles. The van der Waals surface area contributed by atoms with E-state index in [-0.39, 0.29) is 30.5 Å². The molecule has 0 spiro atoms. The molecule has 0 heterocycles. The lowest BCUT2D eigenvalue weighted by Crippen LogP contribution is -2.50. The normalized spacial score (nSPS) is 15.0. The number of esters is 1. The fraction of sp³-hybridized carbons (Fsp3) is 0.914. The zero-order chi connectivity index (χ0) is 33.8. The summed E-state index contributed by atoms with van der Waals surface area (Å²) in [6.45, 7) is 3.13. The molecular weight excluding hydrogens is 593 g/mol. The summed E-state index contributed by atoms with van der Waals surface area (Å²) in [4.78, 5) is 24.5. The number of quaternary nitrogens is 1. The van der Waals surface area contributed by atoms with E-state index in [2.05, 4.69) is 19.1 Å². The first-order chi connectivity index (χ1) is 21.4. The Morgan fingerprint density at radius 2 is 1.20 bits per heavy atom. The largest absolute Gasteiger partial charge is 0.774 e. The number of aliphatic hydroxyl groups is 3. The maximum absolute atomic E-state index is 12.5. The van der Waals surface area contributed by atoms with Gasteiger partial charge in [0.2, 0.25) is 0 Å². The predicted octanol–water partition coefficient (Wildman–Crippen LogP) is 7.35. The molecule has 0 aromatic carbocycles. The fourth-order valence-electron chi connectivity index (χ4n) is 5.20.